The quantitative estimate of drug-likeness (QED) is 0.248. The standard InChI is InChI=1S/C19H34O/c1-5-15-18(20)16-13-11-9-7-6-8-10-12-14-17-19(2,3)4/h9,11,13,16H,5-8,10,12,14-15,17H2,1-4H3/b11-9+,16-13+. The SMILES string of the molecule is CCCC(=O)/C=C/C=C/CCCCCCCC(C)(C)C. The molecule has 0 rings (SSSR count). The molecule has 0 radical (unpaired) electrons. The van der Waals surface area contributed by atoms with Gasteiger partial charge < -0.3 is 0 Å². The van der Waals surface area contributed by atoms with Crippen LogP contribution in [0.1, 0.15) is 85.5 Å². The van der Waals surface area contributed by atoms with Crippen LogP contribution in [0, 0.1) is 5.41 Å². The van der Waals surface area contributed by atoms with Crippen molar-refractivity contribution in [3.63, 3.8) is 0 Å². The number of hydrogen-bond donors (Lipinski definition) is 0. The summed E-state index contributed by atoms with van der Waals surface area (Å²) in [4.78, 5) is 11.2. The molecule has 0 aromatic rings. The lowest BCUT2D eigenvalue weighted by atomic mass is 9.89. The number of carbonyl (C=O) groups excluding carboxylic acids is 1. The highest BCUT2D eigenvalue weighted by molar-refractivity contribution is 5.89. The lowest BCUT2D eigenvalue weighted by molar-refractivity contribution is -0.114. The van der Waals surface area contributed by atoms with Gasteiger partial charge in [-0.05, 0) is 37.2 Å². The van der Waals surface area contributed by atoms with E-state index in [4.69, 9.17) is 0 Å². The summed E-state index contributed by atoms with van der Waals surface area (Å²) in [5.74, 6) is 0.232. The molecule has 0 bridgehead atoms. The Hall–Kier alpha value is -0.850. The molecule has 0 aromatic heterocycles. The van der Waals surface area contributed by atoms with Crippen LogP contribution in [0.15, 0.2) is 24.3 Å². The van der Waals surface area contributed by atoms with E-state index in [0.29, 0.717) is 11.8 Å². The summed E-state index contributed by atoms with van der Waals surface area (Å²) in [5, 5.41) is 0. The maximum Gasteiger partial charge on any atom is 0.155 e. The number of unbranched alkanes of at least 4 members (excludes halogenated alkanes) is 5. The van der Waals surface area contributed by atoms with Crippen molar-refractivity contribution in [2.75, 3.05) is 0 Å². The monoisotopic (exact) mass is 278 g/mol. The molecular formula is C19H34O. The molecule has 116 valence electrons. The number of carbonyl (C=O) groups is 1. The Morgan fingerprint density at radius 2 is 1.60 bits per heavy atom. The fourth-order valence-corrected chi connectivity index (χ4v) is 2.12. The number of allylic oxidation sites excluding steroid dienone is 4. The van der Waals surface area contributed by atoms with Gasteiger partial charge in [-0.15, -0.1) is 0 Å². The van der Waals surface area contributed by atoms with E-state index in [1.807, 2.05) is 19.1 Å². The topological polar surface area (TPSA) is 17.1 Å². The molecule has 0 aliphatic rings. The van der Waals surface area contributed by atoms with Crippen LogP contribution in [0.2, 0.25) is 0 Å². The van der Waals surface area contributed by atoms with Crippen molar-refractivity contribution in [2.24, 2.45) is 5.41 Å². The second kappa shape index (κ2) is 11.9. The Bertz CT molecular complexity index is 291. The highest BCUT2D eigenvalue weighted by Gasteiger charge is 2.08. The van der Waals surface area contributed by atoms with Crippen molar-refractivity contribution in [3.8, 4) is 0 Å². The Labute approximate surface area is 126 Å². The van der Waals surface area contributed by atoms with E-state index in [1.165, 1.54) is 38.5 Å². The molecule has 0 aromatic carbocycles. The minimum absolute atomic E-state index is 0.232. The van der Waals surface area contributed by atoms with Gasteiger partial charge in [0.05, 0.1) is 0 Å². The van der Waals surface area contributed by atoms with E-state index in [2.05, 4.69) is 26.8 Å². The maximum atomic E-state index is 11.2. The van der Waals surface area contributed by atoms with Crippen molar-refractivity contribution in [1.82, 2.24) is 0 Å². The van der Waals surface area contributed by atoms with Crippen molar-refractivity contribution in [2.45, 2.75) is 85.5 Å². The molecule has 0 N–H and O–H groups in total. The normalized spacial score (nSPS) is 12.6. The summed E-state index contributed by atoms with van der Waals surface area (Å²) in [7, 11) is 0. The molecule has 1 heteroatoms. The minimum Gasteiger partial charge on any atom is -0.295 e. The summed E-state index contributed by atoms with van der Waals surface area (Å²) in [6.45, 7) is 8.98. The molecular weight excluding hydrogens is 244 g/mol. The summed E-state index contributed by atoms with van der Waals surface area (Å²) < 4.78 is 0. The van der Waals surface area contributed by atoms with Gasteiger partial charge in [0, 0.05) is 6.42 Å². The first-order chi connectivity index (χ1) is 9.45. The molecule has 0 unspecified atom stereocenters. The smallest absolute Gasteiger partial charge is 0.155 e. The van der Waals surface area contributed by atoms with E-state index >= 15 is 0 Å². The van der Waals surface area contributed by atoms with Crippen LogP contribution in [-0.4, -0.2) is 5.78 Å². The molecule has 0 aliphatic carbocycles. The van der Waals surface area contributed by atoms with Gasteiger partial charge in [0.25, 0.3) is 0 Å². The van der Waals surface area contributed by atoms with Gasteiger partial charge in [-0.3, -0.25) is 4.79 Å². The Morgan fingerprint density at radius 3 is 2.25 bits per heavy atom. The predicted octanol–water partition coefficient (Wildman–Crippen LogP) is 6.24. The van der Waals surface area contributed by atoms with Crippen LogP contribution in [0.4, 0.5) is 0 Å². The van der Waals surface area contributed by atoms with Gasteiger partial charge in [-0.25, -0.2) is 0 Å². The fourth-order valence-electron chi connectivity index (χ4n) is 2.12. The Kier molecular flexibility index (Phi) is 11.4. The highest BCUT2D eigenvalue weighted by atomic mass is 16.1. The average molecular weight is 278 g/mol. The van der Waals surface area contributed by atoms with E-state index in [1.54, 1.807) is 6.08 Å². The second-order valence-corrected chi connectivity index (χ2v) is 6.87. The van der Waals surface area contributed by atoms with Crippen LogP contribution in [0.3, 0.4) is 0 Å². The molecule has 0 heterocycles. The van der Waals surface area contributed by atoms with Gasteiger partial charge in [0.1, 0.15) is 0 Å². The Balaban J connectivity index is 3.38. The zero-order valence-corrected chi connectivity index (χ0v) is 14.1. The number of rotatable bonds is 11. The molecule has 0 amide bonds. The average Bonchev–Trinajstić information content (AvgIpc) is 2.35. The van der Waals surface area contributed by atoms with Gasteiger partial charge in [-0.1, -0.05) is 71.6 Å². The molecule has 1 nitrogen and oxygen atoms in total. The summed E-state index contributed by atoms with van der Waals surface area (Å²) in [5.41, 5.74) is 0.490. The molecule has 0 saturated carbocycles. The van der Waals surface area contributed by atoms with Crippen LogP contribution in [0.5, 0.6) is 0 Å². The van der Waals surface area contributed by atoms with E-state index in [9.17, 15) is 4.79 Å². The fraction of sp³-hybridized carbons (Fsp3) is 0.737. The summed E-state index contributed by atoms with van der Waals surface area (Å²) in [6.07, 6.45) is 18.5. The van der Waals surface area contributed by atoms with Gasteiger partial charge in [0.15, 0.2) is 5.78 Å². The van der Waals surface area contributed by atoms with E-state index in [-0.39, 0.29) is 5.78 Å². The lowest BCUT2D eigenvalue weighted by Crippen LogP contribution is -2.03. The molecule has 0 spiro atoms. The summed E-state index contributed by atoms with van der Waals surface area (Å²) >= 11 is 0. The van der Waals surface area contributed by atoms with Gasteiger partial charge >= 0.3 is 0 Å². The van der Waals surface area contributed by atoms with E-state index in [0.717, 1.165) is 12.8 Å². The zero-order valence-electron chi connectivity index (χ0n) is 14.1. The molecule has 0 aliphatic heterocycles. The molecule has 20 heavy (non-hydrogen) atoms. The first kappa shape index (κ1) is 19.1. The Morgan fingerprint density at radius 1 is 0.950 bits per heavy atom. The van der Waals surface area contributed by atoms with Crippen molar-refractivity contribution in [1.29, 1.82) is 0 Å². The third-order valence-electron chi connectivity index (χ3n) is 3.32. The molecule has 0 fully saturated rings. The largest absolute Gasteiger partial charge is 0.295 e. The lowest BCUT2D eigenvalue weighted by Gasteiger charge is -2.17. The van der Waals surface area contributed by atoms with Crippen LogP contribution >= 0.6 is 0 Å². The van der Waals surface area contributed by atoms with Crippen molar-refractivity contribution < 1.29 is 4.79 Å². The first-order valence-electron chi connectivity index (χ1n) is 8.32. The van der Waals surface area contributed by atoms with Crippen LogP contribution in [0.25, 0.3) is 0 Å². The van der Waals surface area contributed by atoms with Crippen molar-refractivity contribution in [3.05, 3.63) is 24.3 Å². The number of hydrogen-bond acceptors (Lipinski definition) is 1. The highest BCUT2D eigenvalue weighted by Crippen LogP contribution is 2.22. The zero-order chi connectivity index (χ0) is 15.3. The van der Waals surface area contributed by atoms with Gasteiger partial charge in [0.2, 0.25) is 0 Å². The van der Waals surface area contributed by atoms with Crippen LogP contribution in [-0.2, 0) is 4.79 Å². The third-order valence-corrected chi connectivity index (χ3v) is 3.32. The van der Waals surface area contributed by atoms with Gasteiger partial charge in [-0.2, -0.15) is 0 Å². The van der Waals surface area contributed by atoms with Crippen LogP contribution < -0.4 is 0 Å². The first-order valence-corrected chi connectivity index (χ1v) is 8.32. The third kappa shape index (κ3) is 15.2. The predicted molar refractivity (Wildman–Crippen MR) is 90.0 cm³/mol. The number of ketones is 1. The molecule has 0 atom stereocenters. The minimum atomic E-state index is 0.232. The summed E-state index contributed by atoms with van der Waals surface area (Å²) in [6, 6.07) is 0. The molecule has 0 saturated heterocycles. The second-order valence-electron chi connectivity index (χ2n) is 6.87. The van der Waals surface area contributed by atoms with E-state index < -0.39 is 0 Å². The van der Waals surface area contributed by atoms with Crippen molar-refractivity contribution >= 4 is 5.78 Å². The maximum absolute atomic E-state index is 11.2.